The maximum Gasteiger partial charge on any atom is 0.573 e. The zero-order chi connectivity index (χ0) is 19.0. The lowest BCUT2D eigenvalue weighted by Crippen LogP contribution is -2.40. The fourth-order valence-corrected chi connectivity index (χ4v) is 2.13. The number of ether oxygens (including phenoxy) is 3. The second-order valence-electron chi connectivity index (χ2n) is 4.76. The summed E-state index contributed by atoms with van der Waals surface area (Å²) in [5, 5.41) is 8.94. The number of aliphatic carboxylic acids is 1. The Hall–Kier alpha value is -2.59. The number of carboxylic acid groups (broad SMARTS) is 1. The van der Waals surface area contributed by atoms with Crippen molar-refractivity contribution in [2.75, 3.05) is 6.61 Å². The summed E-state index contributed by atoms with van der Waals surface area (Å²) in [4.78, 5) is 11.1. The third-order valence-electron chi connectivity index (χ3n) is 2.96. The minimum Gasteiger partial charge on any atom is -0.490 e. The molecule has 11 heteroatoms. The van der Waals surface area contributed by atoms with E-state index in [1.165, 1.54) is 6.92 Å². The fraction of sp³-hybridized carbons (Fsp3) is 0.357. The molecule has 1 heterocycles. The molecule has 138 valence electrons. The van der Waals surface area contributed by atoms with Crippen LogP contribution in [0.25, 0.3) is 6.08 Å². The smallest absolute Gasteiger partial charge is 0.490 e. The summed E-state index contributed by atoms with van der Waals surface area (Å²) in [6, 6.07) is 1.42. The molecule has 1 unspecified atom stereocenters. The molecule has 0 saturated heterocycles. The van der Waals surface area contributed by atoms with E-state index in [0.29, 0.717) is 18.2 Å². The lowest BCUT2D eigenvalue weighted by atomic mass is 10.0. The Balaban J connectivity index is 2.60. The monoisotopic (exact) mass is 372 g/mol. The molecule has 2 rings (SSSR count). The molecule has 0 saturated carbocycles. The van der Waals surface area contributed by atoms with Crippen LogP contribution in [0.4, 0.5) is 26.3 Å². The van der Waals surface area contributed by atoms with Crippen molar-refractivity contribution >= 4 is 12.0 Å². The van der Waals surface area contributed by atoms with E-state index >= 15 is 0 Å². The summed E-state index contributed by atoms with van der Waals surface area (Å²) < 4.78 is 89.6. The van der Waals surface area contributed by atoms with Gasteiger partial charge >= 0.3 is 18.5 Å². The van der Waals surface area contributed by atoms with Gasteiger partial charge in [-0.2, -0.15) is 13.2 Å². The van der Waals surface area contributed by atoms with Crippen LogP contribution in [0.3, 0.4) is 0 Å². The summed E-state index contributed by atoms with van der Waals surface area (Å²) in [5.41, 5.74) is -1.52. The zero-order valence-corrected chi connectivity index (χ0v) is 12.4. The Labute approximate surface area is 136 Å². The molecular weight excluding hydrogens is 362 g/mol. The highest BCUT2D eigenvalue weighted by molar-refractivity contribution is 5.95. The minimum absolute atomic E-state index is 0.0859. The zero-order valence-electron chi connectivity index (χ0n) is 12.4. The maximum atomic E-state index is 13.0. The maximum absolute atomic E-state index is 13.0. The first-order chi connectivity index (χ1) is 11.4. The minimum atomic E-state index is -5.05. The summed E-state index contributed by atoms with van der Waals surface area (Å²) in [6.45, 7) is 1.36. The molecule has 0 aliphatic carbocycles. The van der Waals surface area contributed by atoms with E-state index in [9.17, 15) is 31.1 Å². The Morgan fingerprint density at radius 2 is 1.88 bits per heavy atom. The number of hydrogen-bond acceptors (Lipinski definition) is 4. The van der Waals surface area contributed by atoms with Gasteiger partial charge in [-0.15, -0.1) is 13.2 Å². The van der Waals surface area contributed by atoms with Gasteiger partial charge < -0.3 is 19.3 Å². The molecule has 1 atom stereocenters. The number of carbonyl (C=O) groups is 1. The van der Waals surface area contributed by atoms with Crippen LogP contribution in [-0.4, -0.2) is 36.3 Å². The molecule has 0 radical (unpaired) electrons. The predicted molar refractivity (Wildman–Crippen MR) is 70.4 cm³/mol. The SMILES string of the molecule is CCOc1cc(OC(F)(F)F)cc2c1OC(C(F)(F)F)C(C(=O)O)=C2. The van der Waals surface area contributed by atoms with Crippen molar-refractivity contribution in [3.8, 4) is 17.2 Å². The first-order valence-corrected chi connectivity index (χ1v) is 6.67. The third-order valence-corrected chi connectivity index (χ3v) is 2.96. The number of benzene rings is 1. The van der Waals surface area contributed by atoms with Gasteiger partial charge in [0.1, 0.15) is 5.75 Å². The van der Waals surface area contributed by atoms with Crippen LogP contribution in [0.2, 0.25) is 0 Å². The van der Waals surface area contributed by atoms with E-state index in [1.807, 2.05) is 0 Å². The molecule has 0 aromatic heterocycles. The van der Waals surface area contributed by atoms with E-state index in [4.69, 9.17) is 14.6 Å². The van der Waals surface area contributed by atoms with Gasteiger partial charge in [-0.3, -0.25) is 0 Å². The molecular formula is C14H10F6O5. The quantitative estimate of drug-likeness (QED) is 0.815. The lowest BCUT2D eigenvalue weighted by Gasteiger charge is -2.28. The molecule has 0 spiro atoms. The van der Waals surface area contributed by atoms with Gasteiger partial charge in [0.25, 0.3) is 0 Å². The molecule has 1 aromatic rings. The van der Waals surface area contributed by atoms with Crippen molar-refractivity contribution in [3.63, 3.8) is 0 Å². The van der Waals surface area contributed by atoms with Crippen molar-refractivity contribution in [3.05, 3.63) is 23.3 Å². The molecule has 0 amide bonds. The van der Waals surface area contributed by atoms with E-state index in [0.717, 1.165) is 0 Å². The second-order valence-corrected chi connectivity index (χ2v) is 4.76. The Morgan fingerprint density at radius 3 is 2.36 bits per heavy atom. The van der Waals surface area contributed by atoms with Crippen LogP contribution in [0.1, 0.15) is 12.5 Å². The summed E-state index contributed by atoms with van der Waals surface area (Å²) in [6.07, 6.45) is -12.3. The second kappa shape index (κ2) is 6.37. The largest absolute Gasteiger partial charge is 0.573 e. The topological polar surface area (TPSA) is 65.0 Å². The highest BCUT2D eigenvalue weighted by atomic mass is 19.4. The van der Waals surface area contributed by atoms with Gasteiger partial charge in [-0.05, 0) is 19.1 Å². The van der Waals surface area contributed by atoms with Crippen molar-refractivity contribution in [2.24, 2.45) is 0 Å². The molecule has 1 aliphatic rings. The van der Waals surface area contributed by atoms with Gasteiger partial charge in [-0.25, -0.2) is 4.79 Å². The third kappa shape index (κ3) is 4.28. The molecule has 1 N–H and O–H groups in total. The number of halogens is 6. The summed E-state index contributed by atoms with van der Waals surface area (Å²) in [5.74, 6) is -3.67. The Bertz CT molecular complexity index is 707. The van der Waals surface area contributed by atoms with Crippen molar-refractivity contribution in [1.29, 1.82) is 0 Å². The van der Waals surface area contributed by atoms with Crippen molar-refractivity contribution in [2.45, 2.75) is 25.6 Å². The van der Waals surface area contributed by atoms with Gasteiger partial charge in [0.15, 0.2) is 11.5 Å². The van der Waals surface area contributed by atoms with Crippen molar-refractivity contribution < 1.29 is 50.5 Å². The van der Waals surface area contributed by atoms with E-state index in [-0.39, 0.29) is 12.2 Å². The van der Waals surface area contributed by atoms with E-state index < -0.39 is 47.4 Å². The van der Waals surface area contributed by atoms with Crippen LogP contribution in [0.5, 0.6) is 17.2 Å². The fourth-order valence-electron chi connectivity index (χ4n) is 2.13. The Kier molecular flexibility index (Phi) is 4.78. The van der Waals surface area contributed by atoms with Crippen molar-refractivity contribution in [1.82, 2.24) is 0 Å². The summed E-state index contributed by atoms with van der Waals surface area (Å²) in [7, 11) is 0. The molecule has 0 fully saturated rings. The number of alkyl halides is 6. The standard InChI is InChI=1S/C14H10F6O5/c1-2-23-9-5-7(25-14(18,19)20)3-6-4-8(12(21)22)11(13(15,16)17)24-10(6)9/h3-5,11H,2H2,1H3,(H,21,22). The van der Waals surface area contributed by atoms with Gasteiger partial charge in [0, 0.05) is 11.6 Å². The number of carboxylic acids is 1. The van der Waals surface area contributed by atoms with Gasteiger partial charge in [0.2, 0.25) is 6.10 Å². The first-order valence-electron chi connectivity index (χ1n) is 6.67. The lowest BCUT2D eigenvalue weighted by molar-refractivity contribution is -0.274. The highest BCUT2D eigenvalue weighted by Gasteiger charge is 2.49. The molecule has 1 aliphatic heterocycles. The number of hydrogen-bond donors (Lipinski definition) is 1. The van der Waals surface area contributed by atoms with E-state index in [1.54, 1.807) is 0 Å². The van der Waals surface area contributed by atoms with Crippen LogP contribution in [0.15, 0.2) is 17.7 Å². The van der Waals surface area contributed by atoms with Crippen LogP contribution in [0, 0.1) is 0 Å². The molecule has 5 nitrogen and oxygen atoms in total. The summed E-state index contributed by atoms with van der Waals surface area (Å²) >= 11 is 0. The highest BCUT2D eigenvalue weighted by Crippen LogP contribution is 2.45. The Morgan fingerprint density at radius 1 is 1.24 bits per heavy atom. The average molecular weight is 372 g/mol. The van der Waals surface area contributed by atoms with Gasteiger partial charge in [0.05, 0.1) is 12.2 Å². The number of rotatable bonds is 4. The number of fused-ring (bicyclic) bond motifs is 1. The average Bonchev–Trinajstić information content (AvgIpc) is 2.43. The molecule has 1 aromatic carbocycles. The van der Waals surface area contributed by atoms with Gasteiger partial charge in [-0.1, -0.05) is 0 Å². The predicted octanol–water partition coefficient (Wildman–Crippen LogP) is 3.78. The molecule has 0 bridgehead atoms. The normalized spacial score (nSPS) is 17.2. The van der Waals surface area contributed by atoms with E-state index in [2.05, 4.69) is 4.74 Å². The van der Waals surface area contributed by atoms with Crippen LogP contribution >= 0.6 is 0 Å². The van der Waals surface area contributed by atoms with Crippen LogP contribution in [-0.2, 0) is 4.79 Å². The first kappa shape index (κ1) is 18.7. The molecule has 25 heavy (non-hydrogen) atoms. The van der Waals surface area contributed by atoms with Crippen LogP contribution < -0.4 is 14.2 Å².